The average molecular weight is 310 g/mol. The molecule has 7 nitrogen and oxygen atoms in total. The summed E-state index contributed by atoms with van der Waals surface area (Å²) in [6, 6.07) is 0. The molecule has 0 radical (unpaired) electrons. The first-order valence-electron chi connectivity index (χ1n) is 5.43. The van der Waals surface area contributed by atoms with Gasteiger partial charge in [0.25, 0.3) is 10.1 Å². The highest BCUT2D eigenvalue weighted by Gasteiger charge is 2.23. The van der Waals surface area contributed by atoms with E-state index < -0.39 is 10.1 Å². The Labute approximate surface area is 116 Å². The van der Waals surface area contributed by atoms with Gasteiger partial charge < -0.3 is 20.5 Å². The SMILES string of the molecule is CN(CCS(=O)(=O)O)CC1COc2cscc2O1.N. The quantitative estimate of drug-likeness (QED) is 0.776. The van der Waals surface area contributed by atoms with Gasteiger partial charge in [-0.3, -0.25) is 4.55 Å². The van der Waals surface area contributed by atoms with Crippen LogP contribution in [-0.4, -0.2) is 56.5 Å². The first kappa shape index (κ1) is 16.2. The average Bonchev–Trinajstić information content (AvgIpc) is 2.72. The van der Waals surface area contributed by atoms with Crippen LogP contribution in [0.4, 0.5) is 0 Å². The summed E-state index contributed by atoms with van der Waals surface area (Å²) in [5, 5.41) is 3.76. The van der Waals surface area contributed by atoms with E-state index >= 15 is 0 Å². The first-order valence-corrected chi connectivity index (χ1v) is 7.98. The summed E-state index contributed by atoms with van der Waals surface area (Å²) < 4.78 is 41.1. The fraction of sp³-hybridized carbons (Fsp3) is 0.600. The minimum Gasteiger partial charge on any atom is -0.485 e. The molecule has 0 saturated carbocycles. The zero-order valence-electron chi connectivity index (χ0n) is 10.6. The van der Waals surface area contributed by atoms with Gasteiger partial charge in [0.2, 0.25) is 0 Å². The number of fused-ring (bicyclic) bond motifs is 1. The maximum absolute atomic E-state index is 10.6. The Balaban J connectivity index is 0.00000180. The van der Waals surface area contributed by atoms with Crippen molar-refractivity contribution in [3.8, 4) is 11.5 Å². The van der Waals surface area contributed by atoms with Gasteiger partial charge >= 0.3 is 0 Å². The van der Waals surface area contributed by atoms with Crippen molar-refractivity contribution in [2.75, 3.05) is 32.5 Å². The summed E-state index contributed by atoms with van der Waals surface area (Å²) in [5.74, 6) is 1.22. The van der Waals surface area contributed by atoms with Crippen LogP contribution >= 0.6 is 11.3 Å². The standard InChI is InChI=1S/C10H15NO5S2.H3N/c1-11(2-3-18(12,13)14)4-8-5-15-9-6-17-7-10(9)16-8;/h6-8H,2-5H2,1H3,(H,12,13,14);1H3. The number of nitrogens with zero attached hydrogens (tertiary/aromatic N) is 1. The van der Waals surface area contributed by atoms with Crippen molar-refractivity contribution < 1.29 is 22.4 Å². The lowest BCUT2D eigenvalue weighted by Crippen LogP contribution is -2.40. The van der Waals surface area contributed by atoms with Crippen molar-refractivity contribution in [3.63, 3.8) is 0 Å². The van der Waals surface area contributed by atoms with E-state index in [9.17, 15) is 8.42 Å². The van der Waals surface area contributed by atoms with Crippen LogP contribution in [-0.2, 0) is 10.1 Å². The van der Waals surface area contributed by atoms with E-state index in [1.54, 1.807) is 11.9 Å². The number of ether oxygens (including phenoxy) is 2. The monoisotopic (exact) mass is 310 g/mol. The van der Waals surface area contributed by atoms with Gasteiger partial charge in [-0.15, -0.1) is 11.3 Å². The van der Waals surface area contributed by atoms with Gasteiger partial charge in [-0.2, -0.15) is 8.42 Å². The third-order valence-electron chi connectivity index (χ3n) is 2.56. The van der Waals surface area contributed by atoms with Crippen LogP contribution < -0.4 is 15.6 Å². The molecule has 0 amide bonds. The van der Waals surface area contributed by atoms with Gasteiger partial charge in [-0.25, -0.2) is 0 Å². The molecule has 110 valence electrons. The first-order chi connectivity index (χ1) is 8.44. The molecule has 1 aromatic rings. The zero-order chi connectivity index (χ0) is 13.2. The molecule has 1 unspecified atom stereocenters. The smallest absolute Gasteiger partial charge is 0.266 e. The van der Waals surface area contributed by atoms with Crippen LogP contribution in [0, 0.1) is 0 Å². The topological polar surface area (TPSA) is 111 Å². The second kappa shape index (κ2) is 6.53. The zero-order valence-corrected chi connectivity index (χ0v) is 12.2. The number of hydrogen-bond donors (Lipinski definition) is 2. The third kappa shape index (κ3) is 4.96. The predicted molar refractivity (Wildman–Crippen MR) is 73.2 cm³/mol. The molecule has 0 spiro atoms. The summed E-state index contributed by atoms with van der Waals surface area (Å²) in [6.07, 6.45) is -0.126. The van der Waals surface area contributed by atoms with Crippen molar-refractivity contribution in [2.45, 2.75) is 6.10 Å². The van der Waals surface area contributed by atoms with Gasteiger partial charge in [-0.1, -0.05) is 0 Å². The van der Waals surface area contributed by atoms with Crippen LogP contribution in [0.3, 0.4) is 0 Å². The normalized spacial score (nSPS) is 18.2. The van der Waals surface area contributed by atoms with Crippen LogP contribution in [0.25, 0.3) is 0 Å². The summed E-state index contributed by atoms with van der Waals surface area (Å²) in [6.45, 7) is 1.25. The summed E-state index contributed by atoms with van der Waals surface area (Å²) >= 11 is 1.51. The maximum Gasteiger partial charge on any atom is 0.266 e. The van der Waals surface area contributed by atoms with E-state index in [0.717, 1.165) is 11.5 Å². The fourth-order valence-electron chi connectivity index (χ4n) is 1.66. The highest BCUT2D eigenvalue weighted by atomic mass is 32.2. The molecule has 0 bridgehead atoms. The van der Waals surface area contributed by atoms with Crippen LogP contribution in [0.5, 0.6) is 11.5 Å². The summed E-state index contributed by atoms with van der Waals surface area (Å²) in [4.78, 5) is 1.79. The molecule has 19 heavy (non-hydrogen) atoms. The predicted octanol–water partition coefficient (Wildman–Crippen LogP) is 0.870. The lowest BCUT2D eigenvalue weighted by Gasteiger charge is -2.28. The third-order valence-corrected chi connectivity index (χ3v) is 3.96. The Morgan fingerprint density at radius 2 is 2.16 bits per heavy atom. The second-order valence-electron chi connectivity index (χ2n) is 4.20. The Hall–Kier alpha value is -0.870. The van der Waals surface area contributed by atoms with Gasteiger partial charge in [0.05, 0.1) is 5.75 Å². The number of hydrogen-bond acceptors (Lipinski definition) is 7. The molecule has 4 N–H and O–H groups in total. The fourth-order valence-corrected chi connectivity index (χ4v) is 2.87. The van der Waals surface area contributed by atoms with Crippen LogP contribution in [0.15, 0.2) is 10.8 Å². The van der Waals surface area contributed by atoms with E-state index in [1.165, 1.54) is 11.3 Å². The molecule has 9 heteroatoms. The van der Waals surface area contributed by atoms with Gasteiger partial charge in [0.1, 0.15) is 12.7 Å². The Morgan fingerprint density at radius 3 is 2.84 bits per heavy atom. The summed E-state index contributed by atoms with van der Waals surface area (Å²) in [5.41, 5.74) is 0. The molecule has 2 heterocycles. The van der Waals surface area contributed by atoms with E-state index in [4.69, 9.17) is 14.0 Å². The Morgan fingerprint density at radius 1 is 1.47 bits per heavy atom. The lowest BCUT2D eigenvalue weighted by molar-refractivity contribution is 0.0679. The highest BCUT2D eigenvalue weighted by Crippen LogP contribution is 2.35. The van der Waals surface area contributed by atoms with Crippen molar-refractivity contribution >= 4 is 21.5 Å². The van der Waals surface area contributed by atoms with Crippen molar-refractivity contribution in [1.29, 1.82) is 0 Å². The number of rotatable bonds is 5. The van der Waals surface area contributed by atoms with Gasteiger partial charge in [0.15, 0.2) is 11.5 Å². The molecule has 0 saturated heterocycles. The second-order valence-corrected chi connectivity index (χ2v) is 6.52. The number of thiophene rings is 1. The molecule has 1 aliphatic rings. The van der Waals surface area contributed by atoms with E-state index in [-0.39, 0.29) is 24.6 Å². The molecule has 1 aliphatic heterocycles. The minimum atomic E-state index is -3.91. The molecule has 1 aromatic heterocycles. The van der Waals surface area contributed by atoms with Gasteiger partial charge in [0, 0.05) is 23.8 Å². The molecular weight excluding hydrogens is 292 g/mol. The molecule has 0 aliphatic carbocycles. The molecule has 0 aromatic carbocycles. The van der Waals surface area contributed by atoms with Crippen LogP contribution in [0.1, 0.15) is 0 Å². The largest absolute Gasteiger partial charge is 0.485 e. The van der Waals surface area contributed by atoms with Crippen LogP contribution in [0.2, 0.25) is 0 Å². The van der Waals surface area contributed by atoms with E-state index in [2.05, 4.69) is 0 Å². The minimum absolute atomic E-state index is 0. The highest BCUT2D eigenvalue weighted by molar-refractivity contribution is 7.85. The maximum atomic E-state index is 10.6. The molecule has 0 fully saturated rings. The molecule has 2 rings (SSSR count). The molecule has 1 atom stereocenters. The van der Waals surface area contributed by atoms with E-state index in [0.29, 0.717) is 13.2 Å². The van der Waals surface area contributed by atoms with Crippen molar-refractivity contribution in [3.05, 3.63) is 10.8 Å². The van der Waals surface area contributed by atoms with Crippen molar-refractivity contribution in [2.24, 2.45) is 0 Å². The van der Waals surface area contributed by atoms with Gasteiger partial charge in [-0.05, 0) is 7.05 Å². The van der Waals surface area contributed by atoms with Crippen molar-refractivity contribution in [1.82, 2.24) is 11.1 Å². The Kier molecular flexibility index (Phi) is 5.56. The summed E-state index contributed by atoms with van der Waals surface area (Å²) in [7, 11) is -2.14. The number of likely N-dealkylation sites (N-methyl/N-ethyl adjacent to an activating group) is 1. The molecular formula is C10H18N2O5S2. The Bertz CT molecular complexity index is 502. The van der Waals surface area contributed by atoms with E-state index in [1.807, 2.05) is 10.8 Å². The lowest BCUT2D eigenvalue weighted by atomic mass is 10.3.